The van der Waals surface area contributed by atoms with E-state index in [9.17, 15) is 9.59 Å². The van der Waals surface area contributed by atoms with Gasteiger partial charge in [-0.2, -0.15) is 0 Å². The van der Waals surface area contributed by atoms with Gasteiger partial charge in [-0.25, -0.2) is 0 Å². The highest BCUT2D eigenvalue weighted by molar-refractivity contribution is 5.70. The average molecular weight is 968 g/mol. The molecule has 0 radical (unpaired) electrons. The minimum atomic E-state index is -0.587. The molecule has 0 aliphatic heterocycles. The topological polar surface area (TPSA) is 61.8 Å². The third-order valence-corrected chi connectivity index (χ3v) is 11.7. The number of hydrogen-bond donors (Lipinski definition) is 0. The summed E-state index contributed by atoms with van der Waals surface area (Å²) in [6.07, 6.45) is 84.8. The van der Waals surface area contributed by atoms with E-state index in [1.165, 1.54) is 89.9 Å². The number of hydrogen-bond acceptors (Lipinski definition) is 5. The minimum absolute atomic E-state index is 0.0294. The molecule has 0 bridgehead atoms. The summed E-state index contributed by atoms with van der Waals surface area (Å²) >= 11 is 0. The molecule has 70 heavy (non-hydrogen) atoms. The lowest BCUT2D eigenvalue weighted by Gasteiger charge is -2.18. The molecule has 0 spiro atoms. The predicted molar refractivity (Wildman–Crippen MR) is 306 cm³/mol. The molecule has 0 aromatic rings. The van der Waals surface area contributed by atoms with Gasteiger partial charge in [0.15, 0.2) is 6.10 Å². The van der Waals surface area contributed by atoms with Crippen LogP contribution in [0.1, 0.15) is 239 Å². The second kappa shape index (κ2) is 59.3. The van der Waals surface area contributed by atoms with Gasteiger partial charge in [0.05, 0.1) is 6.61 Å². The highest BCUT2D eigenvalue weighted by atomic mass is 16.6. The third-order valence-electron chi connectivity index (χ3n) is 11.7. The first-order valence-electron chi connectivity index (χ1n) is 28.7. The van der Waals surface area contributed by atoms with Gasteiger partial charge in [-0.1, -0.05) is 238 Å². The fourth-order valence-corrected chi connectivity index (χ4v) is 7.46. The lowest BCUT2D eigenvalue weighted by Crippen LogP contribution is -2.30. The molecule has 0 amide bonds. The van der Waals surface area contributed by atoms with Crippen molar-refractivity contribution in [3.05, 3.63) is 134 Å². The van der Waals surface area contributed by atoms with E-state index in [0.717, 1.165) is 109 Å². The largest absolute Gasteiger partial charge is 0.462 e. The normalized spacial score (nSPS) is 13.2. The van der Waals surface area contributed by atoms with E-state index in [0.29, 0.717) is 25.9 Å². The summed E-state index contributed by atoms with van der Waals surface area (Å²) in [7, 11) is 0. The maximum absolute atomic E-state index is 12.9. The molecular weight excluding hydrogens is 861 g/mol. The molecule has 0 saturated heterocycles. The highest BCUT2D eigenvalue weighted by Crippen LogP contribution is 2.13. The first kappa shape index (κ1) is 66.0. The Morgan fingerprint density at radius 1 is 0.329 bits per heavy atom. The van der Waals surface area contributed by atoms with Crippen molar-refractivity contribution in [1.29, 1.82) is 0 Å². The van der Waals surface area contributed by atoms with Crippen LogP contribution in [0.5, 0.6) is 0 Å². The maximum Gasteiger partial charge on any atom is 0.306 e. The van der Waals surface area contributed by atoms with Crippen LogP contribution >= 0.6 is 0 Å². The number of carbonyl (C=O) groups is 2. The zero-order chi connectivity index (χ0) is 50.6. The number of rotatable bonds is 51. The first-order chi connectivity index (χ1) is 34.6. The van der Waals surface area contributed by atoms with Crippen LogP contribution in [-0.4, -0.2) is 37.9 Å². The molecule has 1 unspecified atom stereocenters. The van der Waals surface area contributed by atoms with Crippen LogP contribution in [0.2, 0.25) is 0 Å². The maximum atomic E-state index is 12.9. The highest BCUT2D eigenvalue weighted by Gasteiger charge is 2.17. The molecule has 0 aromatic heterocycles. The number of esters is 2. The standard InChI is InChI=1S/C65H106O5/c1-4-7-10-13-16-19-22-25-28-30-32-34-36-39-42-45-48-51-54-57-60-68-61-63(70-65(67)59-56-53-50-47-44-41-37-27-24-21-18-15-12-9-6-3)62-69-64(66)58-55-52-49-46-43-40-38-35-33-31-29-26-23-20-17-14-11-8-5-2/h7-8,10-11,16-17,19-20,25-29,32-35,37,40,43,49,52,63H,4-6,9,12-15,18,21-24,30-31,36,38-39,41-42,44-48,50-51,53-62H2,1-3H3/b10-7-,11-8-,19-16-,20-17-,28-25-,29-26-,34-32-,35-33-,37-27-,43-40-,52-49-. The fraction of sp³-hybridized carbons (Fsp3) is 0.631. The molecule has 0 aliphatic rings. The van der Waals surface area contributed by atoms with E-state index in [1.807, 2.05) is 6.08 Å². The van der Waals surface area contributed by atoms with Gasteiger partial charge in [-0.15, -0.1) is 0 Å². The summed E-state index contributed by atoms with van der Waals surface area (Å²) in [6, 6.07) is 0. The molecule has 0 saturated carbocycles. The summed E-state index contributed by atoms with van der Waals surface area (Å²) in [4.78, 5) is 25.5. The number of carbonyl (C=O) groups excluding carboxylic acids is 2. The smallest absolute Gasteiger partial charge is 0.306 e. The average Bonchev–Trinajstić information content (AvgIpc) is 3.36. The molecular formula is C65H106O5. The van der Waals surface area contributed by atoms with Crippen molar-refractivity contribution >= 4 is 11.9 Å². The molecule has 0 heterocycles. The minimum Gasteiger partial charge on any atom is -0.462 e. The summed E-state index contributed by atoms with van der Waals surface area (Å²) in [5.41, 5.74) is 0. The van der Waals surface area contributed by atoms with Crippen LogP contribution in [0, 0.1) is 0 Å². The van der Waals surface area contributed by atoms with Gasteiger partial charge in [0, 0.05) is 19.4 Å². The Labute approximate surface area is 432 Å². The zero-order valence-corrected chi connectivity index (χ0v) is 45.5. The van der Waals surface area contributed by atoms with Gasteiger partial charge in [0.1, 0.15) is 6.61 Å². The van der Waals surface area contributed by atoms with Crippen molar-refractivity contribution in [3.63, 3.8) is 0 Å². The van der Waals surface area contributed by atoms with E-state index < -0.39 is 6.10 Å². The van der Waals surface area contributed by atoms with Crippen molar-refractivity contribution < 1.29 is 23.8 Å². The lowest BCUT2D eigenvalue weighted by molar-refractivity contribution is -0.162. The lowest BCUT2D eigenvalue weighted by atomic mass is 10.1. The molecule has 5 heteroatoms. The Hall–Kier alpha value is -3.96. The van der Waals surface area contributed by atoms with Gasteiger partial charge in [0.2, 0.25) is 0 Å². The van der Waals surface area contributed by atoms with E-state index in [2.05, 4.69) is 148 Å². The van der Waals surface area contributed by atoms with Crippen molar-refractivity contribution in [3.8, 4) is 0 Å². The first-order valence-corrected chi connectivity index (χ1v) is 28.7. The van der Waals surface area contributed by atoms with Gasteiger partial charge in [0.25, 0.3) is 0 Å². The fourth-order valence-electron chi connectivity index (χ4n) is 7.46. The van der Waals surface area contributed by atoms with Crippen LogP contribution < -0.4 is 0 Å². The molecule has 0 rings (SSSR count). The second-order valence-electron chi connectivity index (χ2n) is 18.4. The molecule has 5 nitrogen and oxygen atoms in total. The molecule has 1 atom stereocenters. The van der Waals surface area contributed by atoms with E-state index >= 15 is 0 Å². The Morgan fingerprint density at radius 2 is 0.671 bits per heavy atom. The number of ether oxygens (including phenoxy) is 3. The predicted octanol–water partition coefficient (Wildman–Crippen LogP) is 19.9. The third kappa shape index (κ3) is 56.6. The number of allylic oxidation sites excluding steroid dienone is 22. The molecule has 0 N–H and O–H groups in total. The number of unbranched alkanes of at least 4 members (excludes halogenated alkanes) is 18. The van der Waals surface area contributed by atoms with Crippen LogP contribution in [0.25, 0.3) is 0 Å². The van der Waals surface area contributed by atoms with E-state index in [4.69, 9.17) is 14.2 Å². The van der Waals surface area contributed by atoms with Crippen LogP contribution in [0.15, 0.2) is 134 Å². The van der Waals surface area contributed by atoms with Gasteiger partial charge < -0.3 is 14.2 Å². The van der Waals surface area contributed by atoms with Crippen molar-refractivity contribution in [1.82, 2.24) is 0 Å². The summed E-state index contributed by atoms with van der Waals surface area (Å²) in [5, 5.41) is 0. The summed E-state index contributed by atoms with van der Waals surface area (Å²) < 4.78 is 17.4. The quantitative estimate of drug-likeness (QED) is 0.0345. The van der Waals surface area contributed by atoms with Gasteiger partial charge in [-0.3, -0.25) is 9.59 Å². The van der Waals surface area contributed by atoms with Crippen molar-refractivity contribution in [2.24, 2.45) is 0 Å². The second-order valence-corrected chi connectivity index (χ2v) is 18.4. The molecule has 0 aromatic carbocycles. The van der Waals surface area contributed by atoms with Crippen molar-refractivity contribution in [2.75, 3.05) is 19.8 Å². The van der Waals surface area contributed by atoms with Crippen LogP contribution in [-0.2, 0) is 23.8 Å². The summed E-state index contributed by atoms with van der Waals surface area (Å²) in [5.74, 6) is -0.515. The Kier molecular flexibility index (Phi) is 56.0. The zero-order valence-electron chi connectivity index (χ0n) is 45.5. The van der Waals surface area contributed by atoms with Crippen molar-refractivity contribution in [2.45, 2.75) is 245 Å². The SMILES string of the molecule is CC/C=C\C/C=C\C/C=C\C/C=C\C/C=C\C/C=C\CCC(=O)OCC(COCCCCCCCCC/C=C\C/C=C\C/C=C\C/C=C\CC)OC(=O)CCCCCCC/C=C\CCCCCCCC. The Balaban J connectivity index is 4.44. The molecule has 0 aliphatic carbocycles. The Bertz CT molecular complexity index is 1470. The van der Waals surface area contributed by atoms with E-state index in [-0.39, 0.29) is 25.2 Å². The van der Waals surface area contributed by atoms with Gasteiger partial charge in [-0.05, 0) is 122 Å². The molecule has 396 valence electrons. The van der Waals surface area contributed by atoms with Gasteiger partial charge >= 0.3 is 11.9 Å². The summed E-state index contributed by atoms with van der Waals surface area (Å²) in [6.45, 7) is 7.48. The van der Waals surface area contributed by atoms with Crippen LogP contribution in [0.4, 0.5) is 0 Å². The van der Waals surface area contributed by atoms with Crippen LogP contribution in [0.3, 0.4) is 0 Å². The Morgan fingerprint density at radius 3 is 1.10 bits per heavy atom. The van der Waals surface area contributed by atoms with E-state index in [1.54, 1.807) is 0 Å². The molecule has 0 fully saturated rings. The monoisotopic (exact) mass is 967 g/mol.